The fraction of sp³-hybridized carbons (Fsp3) is 0.300. The van der Waals surface area contributed by atoms with E-state index in [1.165, 1.54) is 5.69 Å². The molecular formula is C20H22N6O. The van der Waals surface area contributed by atoms with Crippen molar-refractivity contribution in [3.63, 3.8) is 0 Å². The van der Waals surface area contributed by atoms with E-state index in [1.807, 2.05) is 25.2 Å². The second kappa shape index (κ2) is 7.57. The Morgan fingerprint density at radius 2 is 1.89 bits per heavy atom. The summed E-state index contributed by atoms with van der Waals surface area (Å²) >= 11 is 0. The number of para-hydroxylation sites is 1. The average molecular weight is 362 g/mol. The maximum Gasteiger partial charge on any atom is 0.272 e. The van der Waals surface area contributed by atoms with Crippen LogP contribution in [-0.2, 0) is 0 Å². The van der Waals surface area contributed by atoms with Gasteiger partial charge in [-0.1, -0.05) is 24.3 Å². The van der Waals surface area contributed by atoms with Crippen LogP contribution >= 0.6 is 0 Å². The summed E-state index contributed by atoms with van der Waals surface area (Å²) in [6.45, 7) is 2.72. The first-order chi connectivity index (χ1) is 13.2. The van der Waals surface area contributed by atoms with Crippen LogP contribution in [0.1, 0.15) is 16.9 Å². The van der Waals surface area contributed by atoms with E-state index in [1.54, 1.807) is 28.2 Å². The van der Waals surface area contributed by atoms with Crippen molar-refractivity contribution in [2.75, 3.05) is 31.6 Å². The Balaban J connectivity index is 1.39. The molecule has 3 aromatic rings. The van der Waals surface area contributed by atoms with Crippen molar-refractivity contribution in [1.29, 1.82) is 0 Å². The highest BCUT2D eigenvalue weighted by Crippen LogP contribution is 2.24. The topological polar surface area (TPSA) is 67.2 Å². The highest BCUT2D eigenvalue weighted by Gasteiger charge is 2.25. The number of benzene rings is 1. The highest BCUT2D eigenvalue weighted by atomic mass is 16.2. The van der Waals surface area contributed by atoms with Gasteiger partial charge in [0.05, 0.1) is 0 Å². The molecule has 7 heteroatoms. The number of carbonyl (C=O) groups excluding carboxylic acids is 1. The third-order valence-corrected chi connectivity index (χ3v) is 4.92. The van der Waals surface area contributed by atoms with Crippen molar-refractivity contribution >= 4 is 11.6 Å². The van der Waals surface area contributed by atoms with Crippen LogP contribution in [0, 0.1) is 5.92 Å². The zero-order chi connectivity index (χ0) is 18.6. The first-order valence-corrected chi connectivity index (χ1v) is 9.08. The Labute approximate surface area is 158 Å². The molecule has 1 atom stereocenters. The molecule has 1 aliphatic heterocycles. The lowest BCUT2D eigenvalue weighted by Crippen LogP contribution is -2.33. The van der Waals surface area contributed by atoms with Crippen molar-refractivity contribution in [3.8, 4) is 5.82 Å². The fourth-order valence-electron chi connectivity index (χ4n) is 3.53. The van der Waals surface area contributed by atoms with E-state index in [-0.39, 0.29) is 5.91 Å². The molecule has 7 nitrogen and oxygen atoms in total. The number of anilines is 1. The average Bonchev–Trinajstić information content (AvgIpc) is 3.40. The molecule has 1 aliphatic rings. The van der Waals surface area contributed by atoms with Gasteiger partial charge in [0.25, 0.3) is 5.91 Å². The number of nitrogens with zero attached hydrogens (tertiary/aromatic N) is 6. The summed E-state index contributed by atoms with van der Waals surface area (Å²) in [5, 5.41) is 7.56. The second-order valence-corrected chi connectivity index (χ2v) is 6.87. The van der Waals surface area contributed by atoms with E-state index >= 15 is 0 Å². The second-order valence-electron chi connectivity index (χ2n) is 6.87. The van der Waals surface area contributed by atoms with Gasteiger partial charge in [-0.25, -0.2) is 4.98 Å². The van der Waals surface area contributed by atoms with E-state index in [0.717, 1.165) is 26.1 Å². The van der Waals surface area contributed by atoms with Gasteiger partial charge in [-0.15, -0.1) is 10.2 Å². The summed E-state index contributed by atoms with van der Waals surface area (Å²) < 4.78 is 1.69. The number of rotatable bonds is 5. The molecule has 0 radical (unpaired) electrons. The minimum atomic E-state index is -0.0666. The number of carbonyl (C=O) groups is 1. The highest BCUT2D eigenvalue weighted by molar-refractivity contribution is 5.92. The van der Waals surface area contributed by atoms with Gasteiger partial charge in [-0.05, 0) is 36.6 Å². The quantitative estimate of drug-likeness (QED) is 0.696. The van der Waals surface area contributed by atoms with E-state index in [4.69, 9.17) is 0 Å². The van der Waals surface area contributed by atoms with E-state index in [2.05, 4.69) is 44.3 Å². The van der Waals surface area contributed by atoms with Gasteiger partial charge in [0, 0.05) is 32.4 Å². The van der Waals surface area contributed by atoms with Crippen molar-refractivity contribution in [3.05, 3.63) is 66.9 Å². The zero-order valence-corrected chi connectivity index (χ0v) is 15.3. The number of hydrogen-bond donors (Lipinski definition) is 0. The Bertz CT molecular complexity index is 896. The van der Waals surface area contributed by atoms with Gasteiger partial charge in [0.15, 0.2) is 0 Å². The van der Waals surface area contributed by atoms with E-state index in [9.17, 15) is 4.79 Å². The monoisotopic (exact) mass is 362 g/mol. The predicted molar refractivity (Wildman–Crippen MR) is 103 cm³/mol. The fourth-order valence-corrected chi connectivity index (χ4v) is 3.53. The van der Waals surface area contributed by atoms with Crippen molar-refractivity contribution in [2.24, 2.45) is 5.92 Å². The van der Waals surface area contributed by atoms with Gasteiger partial charge < -0.3 is 9.80 Å². The minimum Gasteiger partial charge on any atom is -0.371 e. The maximum atomic E-state index is 12.8. The molecular weight excluding hydrogens is 340 g/mol. The third-order valence-electron chi connectivity index (χ3n) is 4.92. The van der Waals surface area contributed by atoms with Gasteiger partial charge in [-0.2, -0.15) is 0 Å². The Morgan fingerprint density at radius 1 is 1.11 bits per heavy atom. The first-order valence-electron chi connectivity index (χ1n) is 9.08. The summed E-state index contributed by atoms with van der Waals surface area (Å²) in [7, 11) is 1.85. The molecule has 0 N–H and O–H groups in total. The zero-order valence-electron chi connectivity index (χ0n) is 15.3. The van der Waals surface area contributed by atoms with Crippen LogP contribution in [0.2, 0.25) is 0 Å². The van der Waals surface area contributed by atoms with Crippen molar-refractivity contribution < 1.29 is 4.79 Å². The summed E-state index contributed by atoms with van der Waals surface area (Å²) in [5.74, 6) is 1.03. The van der Waals surface area contributed by atoms with Gasteiger partial charge in [0.2, 0.25) is 0 Å². The molecule has 1 aromatic carbocycles. The van der Waals surface area contributed by atoms with Crippen LogP contribution in [0.25, 0.3) is 5.82 Å². The summed E-state index contributed by atoms with van der Waals surface area (Å²) in [6.07, 6.45) is 4.22. The summed E-state index contributed by atoms with van der Waals surface area (Å²) in [6, 6.07) is 15.8. The van der Waals surface area contributed by atoms with Crippen LogP contribution in [-0.4, -0.2) is 57.2 Å². The lowest BCUT2D eigenvalue weighted by Gasteiger charge is -2.22. The molecule has 138 valence electrons. The molecule has 0 spiro atoms. The van der Waals surface area contributed by atoms with Gasteiger partial charge >= 0.3 is 0 Å². The Kier molecular flexibility index (Phi) is 4.82. The lowest BCUT2D eigenvalue weighted by molar-refractivity contribution is 0.0770. The van der Waals surface area contributed by atoms with Crippen molar-refractivity contribution in [2.45, 2.75) is 6.42 Å². The number of pyridine rings is 1. The number of hydrogen-bond acceptors (Lipinski definition) is 5. The predicted octanol–water partition coefficient (Wildman–Crippen LogP) is 2.26. The smallest absolute Gasteiger partial charge is 0.272 e. The van der Waals surface area contributed by atoms with Gasteiger partial charge in [-0.3, -0.25) is 9.36 Å². The number of aromatic nitrogens is 4. The first kappa shape index (κ1) is 17.2. The van der Waals surface area contributed by atoms with E-state index < -0.39 is 0 Å². The van der Waals surface area contributed by atoms with Gasteiger partial charge in [0.1, 0.15) is 24.2 Å². The minimum absolute atomic E-state index is 0.0666. The standard InChI is InChI=1S/C20H22N6O/c1-24(12-16-10-11-25(13-16)17-6-3-2-4-7-17)20(27)18-8-5-9-19(23-18)26-14-21-22-15-26/h2-9,14-16H,10-13H2,1H3. The lowest BCUT2D eigenvalue weighted by atomic mass is 10.1. The largest absolute Gasteiger partial charge is 0.371 e. The Hall–Kier alpha value is -3.22. The molecule has 0 aliphatic carbocycles. The molecule has 4 rings (SSSR count). The molecule has 0 bridgehead atoms. The molecule has 27 heavy (non-hydrogen) atoms. The molecule has 1 amide bonds. The SMILES string of the molecule is CN(CC1CCN(c2ccccc2)C1)C(=O)c1cccc(-n2cnnc2)n1. The summed E-state index contributed by atoms with van der Waals surface area (Å²) in [4.78, 5) is 21.4. The molecule has 1 unspecified atom stereocenters. The molecule has 3 heterocycles. The molecule has 1 saturated heterocycles. The third kappa shape index (κ3) is 3.81. The summed E-state index contributed by atoms with van der Waals surface area (Å²) in [5.41, 5.74) is 1.68. The maximum absolute atomic E-state index is 12.8. The van der Waals surface area contributed by atoms with Crippen LogP contribution in [0.15, 0.2) is 61.2 Å². The van der Waals surface area contributed by atoms with Crippen LogP contribution in [0.4, 0.5) is 5.69 Å². The number of amides is 1. The van der Waals surface area contributed by atoms with Crippen LogP contribution in [0.5, 0.6) is 0 Å². The molecule has 0 saturated carbocycles. The Morgan fingerprint density at radius 3 is 2.67 bits per heavy atom. The van der Waals surface area contributed by atoms with Crippen LogP contribution < -0.4 is 4.90 Å². The molecule has 1 fully saturated rings. The van der Waals surface area contributed by atoms with Crippen molar-refractivity contribution in [1.82, 2.24) is 24.6 Å². The van der Waals surface area contributed by atoms with E-state index in [0.29, 0.717) is 17.4 Å². The normalized spacial score (nSPS) is 16.5. The molecule has 2 aromatic heterocycles. The van der Waals surface area contributed by atoms with Crippen LogP contribution in [0.3, 0.4) is 0 Å².